The van der Waals surface area contributed by atoms with Crippen LogP contribution < -0.4 is 0 Å². The summed E-state index contributed by atoms with van der Waals surface area (Å²) in [6.45, 7) is 5.35. The van der Waals surface area contributed by atoms with E-state index in [4.69, 9.17) is 0 Å². The van der Waals surface area contributed by atoms with Crippen molar-refractivity contribution in [3.05, 3.63) is 47.8 Å². The summed E-state index contributed by atoms with van der Waals surface area (Å²) in [4.78, 5) is 4.56. The molecule has 80 valence electrons. The van der Waals surface area contributed by atoms with Crippen LogP contribution in [0.25, 0.3) is 0 Å². The zero-order valence-electron chi connectivity index (χ0n) is 9.64. The minimum absolute atomic E-state index is 0.463. The standard InChI is InChI=1S/C13H18N2/c1-11-5-4-6-13(9-11)10-15-8-7-14(3)12(15)2/h4-9,12H,10H2,1-3H3. The van der Waals surface area contributed by atoms with Crippen molar-refractivity contribution in [3.8, 4) is 0 Å². The van der Waals surface area contributed by atoms with Crippen LogP contribution >= 0.6 is 0 Å². The second kappa shape index (κ2) is 3.97. The van der Waals surface area contributed by atoms with Crippen molar-refractivity contribution in [1.29, 1.82) is 0 Å². The van der Waals surface area contributed by atoms with Crippen molar-refractivity contribution in [1.82, 2.24) is 9.80 Å². The molecule has 0 spiro atoms. The van der Waals surface area contributed by atoms with Gasteiger partial charge in [-0.3, -0.25) is 0 Å². The van der Waals surface area contributed by atoms with Gasteiger partial charge in [0, 0.05) is 26.0 Å². The summed E-state index contributed by atoms with van der Waals surface area (Å²) in [6.07, 6.45) is 4.75. The summed E-state index contributed by atoms with van der Waals surface area (Å²) in [5.41, 5.74) is 2.71. The van der Waals surface area contributed by atoms with Crippen LogP contribution in [0.3, 0.4) is 0 Å². The Bertz CT molecular complexity index is 371. The van der Waals surface area contributed by atoms with E-state index in [0.29, 0.717) is 6.17 Å². The number of rotatable bonds is 2. The first-order chi connectivity index (χ1) is 7.16. The van der Waals surface area contributed by atoms with Crippen LogP contribution in [0.5, 0.6) is 0 Å². The van der Waals surface area contributed by atoms with Crippen molar-refractivity contribution in [2.45, 2.75) is 26.6 Å². The average molecular weight is 202 g/mol. The first-order valence-electron chi connectivity index (χ1n) is 5.38. The molecule has 0 N–H and O–H groups in total. The molecule has 0 bridgehead atoms. The summed E-state index contributed by atoms with van der Waals surface area (Å²) in [7, 11) is 2.11. The van der Waals surface area contributed by atoms with Gasteiger partial charge in [-0.2, -0.15) is 0 Å². The third kappa shape index (κ3) is 2.14. The van der Waals surface area contributed by atoms with E-state index in [9.17, 15) is 0 Å². The molecule has 0 aromatic heterocycles. The lowest BCUT2D eigenvalue weighted by molar-refractivity contribution is 0.189. The van der Waals surface area contributed by atoms with Crippen LogP contribution in [0.4, 0.5) is 0 Å². The highest BCUT2D eigenvalue weighted by atomic mass is 15.4. The number of nitrogens with zero attached hydrogens (tertiary/aromatic N) is 2. The maximum absolute atomic E-state index is 2.34. The monoisotopic (exact) mass is 202 g/mol. The second-order valence-electron chi connectivity index (χ2n) is 4.26. The molecule has 2 nitrogen and oxygen atoms in total. The molecule has 0 saturated heterocycles. The van der Waals surface area contributed by atoms with E-state index in [1.165, 1.54) is 11.1 Å². The Kier molecular flexibility index (Phi) is 2.67. The summed E-state index contributed by atoms with van der Waals surface area (Å²) >= 11 is 0. The molecule has 1 aromatic carbocycles. The summed E-state index contributed by atoms with van der Waals surface area (Å²) in [5, 5.41) is 0. The van der Waals surface area contributed by atoms with Gasteiger partial charge in [-0.1, -0.05) is 29.8 Å². The van der Waals surface area contributed by atoms with Gasteiger partial charge in [-0.05, 0) is 19.4 Å². The van der Waals surface area contributed by atoms with E-state index >= 15 is 0 Å². The van der Waals surface area contributed by atoms with E-state index in [1.54, 1.807) is 0 Å². The lowest BCUT2D eigenvalue weighted by atomic mass is 10.1. The molecule has 1 aliphatic rings. The molecule has 0 fully saturated rings. The maximum atomic E-state index is 2.34. The molecule has 2 rings (SSSR count). The van der Waals surface area contributed by atoms with Gasteiger partial charge in [0.1, 0.15) is 0 Å². The van der Waals surface area contributed by atoms with Crippen LogP contribution in [0, 0.1) is 6.92 Å². The Morgan fingerprint density at radius 1 is 1.27 bits per heavy atom. The van der Waals surface area contributed by atoms with E-state index in [0.717, 1.165) is 6.54 Å². The molecule has 1 unspecified atom stereocenters. The van der Waals surface area contributed by atoms with Gasteiger partial charge in [0.05, 0.1) is 6.17 Å². The third-order valence-electron chi connectivity index (χ3n) is 3.01. The van der Waals surface area contributed by atoms with E-state index in [1.807, 2.05) is 0 Å². The van der Waals surface area contributed by atoms with E-state index in [-0.39, 0.29) is 0 Å². The third-order valence-corrected chi connectivity index (χ3v) is 3.01. The summed E-state index contributed by atoms with van der Waals surface area (Å²) in [6, 6.07) is 8.70. The normalized spacial score (nSPS) is 20.1. The topological polar surface area (TPSA) is 6.48 Å². The minimum Gasteiger partial charge on any atom is -0.359 e. The van der Waals surface area contributed by atoms with Gasteiger partial charge >= 0.3 is 0 Å². The maximum Gasteiger partial charge on any atom is 0.0978 e. The number of aryl methyl sites for hydroxylation is 1. The van der Waals surface area contributed by atoms with Crippen molar-refractivity contribution in [2.75, 3.05) is 7.05 Å². The van der Waals surface area contributed by atoms with Gasteiger partial charge in [0.25, 0.3) is 0 Å². The number of benzene rings is 1. The Morgan fingerprint density at radius 2 is 2.07 bits per heavy atom. The van der Waals surface area contributed by atoms with Crippen molar-refractivity contribution < 1.29 is 0 Å². The SMILES string of the molecule is Cc1cccc(CN2C=CN(C)C2C)c1. The molecule has 0 radical (unpaired) electrons. The number of hydrogen-bond acceptors (Lipinski definition) is 2. The van der Waals surface area contributed by atoms with Gasteiger partial charge < -0.3 is 9.80 Å². The van der Waals surface area contributed by atoms with Crippen molar-refractivity contribution in [3.63, 3.8) is 0 Å². The fourth-order valence-corrected chi connectivity index (χ4v) is 1.88. The molecule has 1 aromatic rings. The average Bonchev–Trinajstić information content (AvgIpc) is 2.50. The van der Waals surface area contributed by atoms with Gasteiger partial charge in [-0.25, -0.2) is 0 Å². The second-order valence-corrected chi connectivity index (χ2v) is 4.26. The molecule has 15 heavy (non-hydrogen) atoms. The first kappa shape index (κ1) is 10.1. The zero-order valence-corrected chi connectivity index (χ0v) is 9.64. The Balaban J connectivity index is 2.07. The van der Waals surface area contributed by atoms with Crippen molar-refractivity contribution >= 4 is 0 Å². The van der Waals surface area contributed by atoms with E-state index in [2.05, 4.69) is 67.4 Å². The highest BCUT2D eigenvalue weighted by Gasteiger charge is 2.18. The van der Waals surface area contributed by atoms with Crippen LogP contribution in [0.1, 0.15) is 18.1 Å². The van der Waals surface area contributed by atoms with E-state index < -0.39 is 0 Å². The minimum atomic E-state index is 0.463. The van der Waals surface area contributed by atoms with Crippen LogP contribution in [-0.4, -0.2) is 23.0 Å². The highest BCUT2D eigenvalue weighted by molar-refractivity contribution is 5.22. The summed E-state index contributed by atoms with van der Waals surface area (Å²) < 4.78 is 0. The molecule has 0 amide bonds. The smallest absolute Gasteiger partial charge is 0.0978 e. The quantitative estimate of drug-likeness (QED) is 0.727. The fraction of sp³-hybridized carbons (Fsp3) is 0.385. The van der Waals surface area contributed by atoms with Gasteiger partial charge in [0.2, 0.25) is 0 Å². The molecule has 2 heteroatoms. The van der Waals surface area contributed by atoms with Crippen LogP contribution in [-0.2, 0) is 6.54 Å². The molecular weight excluding hydrogens is 184 g/mol. The summed E-state index contributed by atoms with van der Waals surface area (Å²) in [5.74, 6) is 0. The molecule has 0 saturated carbocycles. The van der Waals surface area contributed by atoms with Gasteiger partial charge in [-0.15, -0.1) is 0 Å². The molecule has 1 atom stereocenters. The Hall–Kier alpha value is -1.44. The zero-order chi connectivity index (χ0) is 10.8. The molecule has 1 aliphatic heterocycles. The van der Waals surface area contributed by atoms with Crippen molar-refractivity contribution in [2.24, 2.45) is 0 Å². The Morgan fingerprint density at radius 3 is 2.67 bits per heavy atom. The first-order valence-corrected chi connectivity index (χ1v) is 5.38. The largest absolute Gasteiger partial charge is 0.359 e. The molecular formula is C13H18N2. The lowest BCUT2D eigenvalue weighted by Crippen LogP contribution is -2.32. The van der Waals surface area contributed by atoms with Crippen LogP contribution in [0.15, 0.2) is 36.7 Å². The molecule has 1 heterocycles. The highest BCUT2D eigenvalue weighted by Crippen LogP contribution is 2.17. The Labute approximate surface area is 91.8 Å². The fourth-order valence-electron chi connectivity index (χ4n) is 1.88. The van der Waals surface area contributed by atoms with Crippen LogP contribution in [0.2, 0.25) is 0 Å². The predicted molar refractivity (Wildman–Crippen MR) is 63.1 cm³/mol. The van der Waals surface area contributed by atoms with Gasteiger partial charge in [0.15, 0.2) is 0 Å². The lowest BCUT2D eigenvalue weighted by Gasteiger charge is -2.27. The number of hydrogen-bond donors (Lipinski definition) is 0. The predicted octanol–water partition coefficient (Wildman–Crippen LogP) is 2.56. The molecule has 0 aliphatic carbocycles.